The van der Waals surface area contributed by atoms with Gasteiger partial charge >= 0.3 is 5.97 Å². The summed E-state index contributed by atoms with van der Waals surface area (Å²) >= 11 is 1.40. The number of amides is 1. The van der Waals surface area contributed by atoms with Crippen molar-refractivity contribution in [3.8, 4) is 46.0 Å². The third-order valence-corrected chi connectivity index (χ3v) is 18.1. The van der Waals surface area contributed by atoms with Gasteiger partial charge in [-0.1, -0.05) is 91.0 Å². The highest BCUT2D eigenvalue weighted by atomic mass is 32.2. The standard InChI is InChI=1S/C85H121NO29S/c1-90-22-28-96-34-40-102-46-52-108-77-58-68(59-78(109-53-47-103-41-35-97-29-23-91-2)81(77)112-56-50-106-44-38-100-32-26-94-5)65-114-74-62-70(83(87)86-76(84(88)89)67-116-85(71-16-10-7-11-17-71,72-18-12-8-13-19-72)73-20-14-9-15-21-73)63-75(64-74)115-66-69-60-79(110-54-48-104-42-36-98-30-24-92-3)82(113-57-51-107-45-39-101-33-27-95-6)80(61-69)111-55-49-105-43-37-99-31-25-93-4/h7-21,58-64,76H,22-57,65-67H2,1-6H3,(H,86,87)(H,88,89)/t76-/m0/s1. The second-order valence-electron chi connectivity index (χ2n) is 25.0. The molecule has 0 saturated carbocycles. The Bertz CT molecular complexity index is 3140. The predicted molar refractivity (Wildman–Crippen MR) is 433 cm³/mol. The molecule has 1 amide bonds. The smallest absolute Gasteiger partial charge is 0.327 e. The number of rotatable bonds is 75. The van der Waals surface area contributed by atoms with E-state index in [4.69, 9.17) is 123 Å². The topological polar surface area (TPSA) is 306 Å². The largest absolute Gasteiger partial charge is 0.489 e. The van der Waals surface area contributed by atoms with E-state index in [0.717, 1.165) is 16.7 Å². The quantitative estimate of drug-likeness (QED) is 0.0265. The molecule has 0 radical (unpaired) electrons. The molecular weight excluding hydrogens is 1530 g/mol. The average Bonchev–Trinajstić information content (AvgIpc) is 0.755. The van der Waals surface area contributed by atoms with Gasteiger partial charge in [-0.25, -0.2) is 4.79 Å². The Kier molecular flexibility index (Phi) is 53.1. The molecular formula is C85H121NO29S. The lowest BCUT2D eigenvalue weighted by Gasteiger charge is -2.36. The van der Waals surface area contributed by atoms with Crippen molar-refractivity contribution >= 4 is 23.6 Å². The number of hydrogen-bond acceptors (Lipinski definition) is 29. The zero-order valence-corrected chi connectivity index (χ0v) is 69.0. The summed E-state index contributed by atoms with van der Waals surface area (Å²) in [5, 5.41) is 14.0. The highest BCUT2D eigenvalue weighted by Crippen LogP contribution is 2.49. The maximum atomic E-state index is 15.2. The van der Waals surface area contributed by atoms with Gasteiger partial charge in [0.25, 0.3) is 5.91 Å². The number of ether oxygens (including phenoxy) is 26. The maximum Gasteiger partial charge on any atom is 0.327 e. The monoisotopic (exact) mass is 1650 g/mol. The molecule has 116 heavy (non-hydrogen) atoms. The summed E-state index contributed by atoms with van der Waals surface area (Å²) in [6.07, 6.45) is 0. The van der Waals surface area contributed by atoms with Gasteiger partial charge in [-0.05, 0) is 64.2 Å². The fourth-order valence-corrected chi connectivity index (χ4v) is 12.3. The van der Waals surface area contributed by atoms with Crippen molar-refractivity contribution in [2.45, 2.75) is 24.0 Å². The highest BCUT2D eigenvalue weighted by molar-refractivity contribution is 8.00. The summed E-state index contributed by atoms with van der Waals surface area (Å²) in [6, 6.07) is 39.9. The first-order chi connectivity index (χ1) is 57.2. The molecule has 0 heterocycles. The third kappa shape index (κ3) is 39.7. The second-order valence-corrected chi connectivity index (χ2v) is 26.2. The molecule has 6 rings (SSSR count). The van der Waals surface area contributed by atoms with Crippen LogP contribution in [0, 0.1) is 0 Å². The van der Waals surface area contributed by atoms with E-state index in [2.05, 4.69) is 5.32 Å². The first kappa shape index (κ1) is 97.1. The number of carbonyl (C=O) groups excluding carboxylic acids is 1. The fraction of sp³-hybridized carbons (Fsp3) is 0.553. The van der Waals surface area contributed by atoms with E-state index in [-0.39, 0.29) is 127 Å². The molecule has 0 aromatic heterocycles. The van der Waals surface area contributed by atoms with Crippen LogP contribution in [0.3, 0.4) is 0 Å². The zero-order valence-electron chi connectivity index (χ0n) is 68.1. The third-order valence-electron chi connectivity index (χ3n) is 16.4. The Hall–Kier alpha value is -7.71. The van der Waals surface area contributed by atoms with Crippen LogP contribution < -0.4 is 43.2 Å². The first-order valence-electron chi connectivity index (χ1n) is 38.9. The summed E-state index contributed by atoms with van der Waals surface area (Å²) in [6.45, 7) is 10.7. The number of methoxy groups -OCH3 is 6. The Morgan fingerprint density at radius 3 is 0.802 bits per heavy atom. The second kappa shape index (κ2) is 63.4. The normalized spacial score (nSPS) is 11.7. The van der Waals surface area contributed by atoms with Crippen molar-refractivity contribution in [2.24, 2.45) is 0 Å². The predicted octanol–water partition coefficient (Wildman–Crippen LogP) is 9.10. The lowest BCUT2D eigenvalue weighted by atomic mass is 9.84. The SMILES string of the molecule is COCCOCCOCCOc1cc(COc2cc(OCc3cc(OCCOCCOCCOC)c(OCCOCCOCCOC)c(OCCOCCOCCOC)c3)cc(C(=O)N[C@@H](CSC(c3ccccc3)(c3ccccc3)c3ccccc3)C(=O)O)c2)cc(OCCOCCOCCOC)c1OCCOCCOCCOC. The first-order valence-corrected chi connectivity index (χ1v) is 39.9. The summed E-state index contributed by atoms with van der Waals surface area (Å²) in [7, 11) is 9.64. The number of carboxylic acid groups (broad SMARTS) is 1. The molecule has 30 nitrogen and oxygen atoms in total. The van der Waals surface area contributed by atoms with Gasteiger partial charge in [0.05, 0.1) is 203 Å². The van der Waals surface area contributed by atoms with Crippen molar-refractivity contribution in [1.29, 1.82) is 0 Å². The molecule has 0 aliphatic rings. The lowest BCUT2D eigenvalue weighted by Crippen LogP contribution is -2.43. The number of aliphatic carboxylic acids is 1. The van der Waals surface area contributed by atoms with Crippen molar-refractivity contribution in [1.82, 2.24) is 5.32 Å². The molecule has 6 aromatic rings. The number of carboxylic acids is 1. The Morgan fingerprint density at radius 2 is 0.552 bits per heavy atom. The molecule has 646 valence electrons. The van der Waals surface area contributed by atoms with E-state index in [1.165, 1.54) is 23.9 Å². The van der Waals surface area contributed by atoms with Crippen molar-refractivity contribution < 1.29 is 138 Å². The van der Waals surface area contributed by atoms with E-state index in [1.54, 1.807) is 73.0 Å². The van der Waals surface area contributed by atoms with E-state index >= 15 is 4.79 Å². The fourth-order valence-electron chi connectivity index (χ4n) is 10.8. The van der Waals surface area contributed by atoms with Crippen LogP contribution in [0.5, 0.6) is 46.0 Å². The minimum Gasteiger partial charge on any atom is -0.489 e. The molecule has 0 spiro atoms. The van der Waals surface area contributed by atoms with Crippen LogP contribution >= 0.6 is 11.8 Å². The van der Waals surface area contributed by atoms with Gasteiger partial charge in [0.2, 0.25) is 11.5 Å². The van der Waals surface area contributed by atoms with Crippen LogP contribution in [0.4, 0.5) is 0 Å². The molecule has 6 aromatic carbocycles. The Balaban J connectivity index is 1.39. The van der Waals surface area contributed by atoms with Crippen molar-refractivity contribution in [3.63, 3.8) is 0 Å². The van der Waals surface area contributed by atoms with Gasteiger partial charge in [-0.2, -0.15) is 0 Å². The van der Waals surface area contributed by atoms with E-state index in [0.29, 0.717) is 193 Å². The van der Waals surface area contributed by atoms with Gasteiger partial charge in [0, 0.05) is 60.0 Å². The van der Waals surface area contributed by atoms with Gasteiger partial charge < -0.3 is 134 Å². The number of hydrogen-bond donors (Lipinski definition) is 2. The number of carbonyl (C=O) groups is 2. The maximum absolute atomic E-state index is 15.2. The summed E-state index contributed by atoms with van der Waals surface area (Å²) in [4.78, 5) is 28.9. The van der Waals surface area contributed by atoms with E-state index in [9.17, 15) is 9.90 Å². The molecule has 0 aliphatic heterocycles. The molecule has 0 saturated heterocycles. The Morgan fingerprint density at radius 1 is 0.310 bits per heavy atom. The van der Waals surface area contributed by atoms with E-state index in [1.807, 2.05) is 91.0 Å². The van der Waals surface area contributed by atoms with Crippen molar-refractivity contribution in [3.05, 3.63) is 167 Å². The molecule has 0 unspecified atom stereocenters. The van der Waals surface area contributed by atoms with Crippen LogP contribution in [0.15, 0.2) is 133 Å². The minimum atomic E-state index is -1.43. The summed E-state index contributed by atoms with van der Waals surface area (Å²) in [5.74, 6) is -0.00398. The molecule has 0 bridgehead atoms. The summed E-state index contributed by atoms with van der Waals surface area (Å²) < 4.78 is 151. The highest BCUT2D eigenvalue weighted by Gasteiger charge is 2.39. The van der Waals surface area contributed by atoms with Gasteiger partial charge in [0.1, 0.15) is 70.4 Å². The molecule has 0 aliphatic carbocycles. The zero-order chi connectivity index (χ0) is 82.2. The minimum absolute atomic E-state index is 0.0108. The molecule has 0 fully saturated rings. The molecule has 1 atom stereocenters. The average molecular weight is 1650 g/mol. The van der Waals surface area contributed by atoms with Crippen LogP contribution in [-0.2, 0) is 108 Å². The van der Waals surface area contributed by atoms with Crippen molar-refractivity contribution in [2.75, 3.05) is 286 Å². The Labute approximate surface area is 686 Å². The van der Waals surface area contributed by atoms with Gasteiger partial charge in [-0.3, -0.25) is 4.79 Å². The van der Waals surface area contributed by atoms with Crippen LogP contribution in [0.25, 0.3) is 0 Å². The van der Waals surface area contributed by atoms with Gasteiger partial charge in [-0.15, -0.1) is 11.8 Å². The van der Waals surface area contributed by atoms with Crippen LogP contribution in [0.2, 0.25) is 0 Å². The van der Waals surface area contributed by atoms with Crippen LogP contribution in [0.1, 0.15) is 38.2 Å². The lowest BCUT2D eigenvalue weighted by molar-refractivity contribution is -0.138. The van der Waals surface area contributed by atoms with E-state index < -0.39 is 22.7 Å². The summed E-state index contributed by atoms with van der Waals surface area (Å²) in [5.41, 5.74) is 3.84. The number of benzene rings is 6. The number of nitrogens with one attached hydrogen (secondary N) is 1. The molecule has 31 heteroatoms. The van der Waals surface area contributed by atoms with Crippen LogP contribution in [-0.4, -0.2) is 309 Å². The van der Waals surface area contributed by atoms with Gasteiger partial charge in [0.15, 0.2) is 23.0 Å². The number of thioether (sulfide) groups is 1. The molecule has 2 N–H and O–H groups in total.